The smallest absolute Gasteiger partial charge is 0.251 e. The van der Waals surface area contributed by atoms with Gasteiger partial charge < -0.3 is 10.2 Å². The summed E-state index contributed by atoms with van der Waals surface area (Å²) in [5.41, 5.74) is 2.41. The zero-order valence-electron chi connectivity index (χ0n) is 12.4. The predicted octanol–water partition coefficient (Wildman–Crippen LogP) is 2.69. The molecule has 1 fully saturated rings. The van der Waals surface area contributed by atoms with Crippen molar-refractivity contribution in [3.63, 3.8) is 0 Å². The van der Waals surface area contributed by atoms with Gasteiger partial charge in [0.15, 0.2) is 6.19 Å². The zero-order valence-corrected chi connectivity index (χ0v) is 13.1. The zero-order chi connectivity index (χ0) is 16.2. The molecule has 116 valence electrons. The van der Waals surface area contributed by atoms with Gasteiger partial charge in [-0.3, -0.25) is 9.78 Å². The van der Waals surface area contributed by atoms with Gasteiger partial charge in [0.2, 0.25) is 0 Å². The van der Waals surface area contributed by atoms with Gasteiger partial charge in [-0.05, 0) is 30.2 Å². The van der Waals surface area contributed by atoms with Gasteiger partial charge in [0.1, 0.15) is 0 Å². The molecule has 1 unspecified atom stereocenters. The molecule has 3 rings (SSSR count). The Labute approximate surface area is 139 Å². The minimum atomic E-state index is -0.123. The van der Waals surface area contributed by atoms with E-state index < -0.39 is 0 Å². The van der Waals surface area contributed by atoms with E-state index in [0.29, 0.717) is 23.7 Å². The Morgan fingerprint density at radius 2 is 2.13 bits per heavy atom. The van der Waals surface area contributed by atoms with Crippen LogP contribution in [0.3, 0.4) is 0 Å². The second kappa shape index (κ2) is 6.67. The second-order valence-electron chi connectivity index (χ2n) is 5.44. The summed E-state index contributed by atoms with van der Waals surface area (Å²) in [5, 5.41) is 12.4. The summed E-state index contributed by atoms with van der Waals surface area (Å²) in [5.74, 6) is -0.123. The molecular weight excluding hydrogens is 312 g/mol. The topological polar surface area (TPSA) is 69.0 Å². The van der Waals surface area contributed by atoms with E-state index >= 15 is 0 Å². The highest BCUT2D eigenvalue weighted by atomic mass is 35.5. The maximum atomic E-state index is 12.3. The number of hydrogen-bond acceptors (Lipinski definition) is 4. The lowest BCUT2D eigenvalue weighted by Gasteiger charge is -2.12. The van der Waals surface area contributed by atoms with Crippen molar-refractivity contribution in [1.29, 1.82) is 5.26 Å². The summed E-state index contributed by atoms with van der Waals surface area (Å²) in [7, 11) is 0. The molecule has 1 saturated heterocycles. The quantitative estimate of drug-likeness (QED) is 0.880. The lowest BCUT2D eigenvalue weighted by atomic mass is 10.0. The van der Waals surface area contributed by atoms with Crippen molar-refractivity contribution in [3.05, 3.63) is 53.3 Å². The molecule has 1 aromatic heterocycles. The van der Waals surface area contributed by atoms with Crippen LogP contribution in [0.1, 0.15) is 16.8 Å². The molecule has 1 aromatic carbocycles. The van der Waals surface area contributed by atoms with Crippen LogP contribution in [0.15, 0.2) is 42.7 Å². The number of pyridine rings is 1. The summed E-state index contributed by atoms with van der Waals surface area (Å²) in [4.78, 5) is 17.9. The lowest BCUT2D eigenvalue weighted by Crippen LogP contribution is -2.36. The number of likely N-dealkylation sites (tertiary alicyclic amines) is 1. The van der Waals surface area contributed by atoms with E-state index in [1.165, 1.54) is 0 Å². The number of nitrogens with one attached hydrogen (secondary N) is 1. The Morgan fingerprint density at radius 1 is 1.35 bits per heavy atom. The van der Waals surface area contributed by atoms with E-state index in [-0.39, 0.29) is 11.9 Å². The van der Waals surface area contributed by atoms with Gasteiger partial charge in [-0.15, -0.1) is 0 Å². The Balaban J connectivity index is 1.69. The Morgan fingerprint density at radius 3 is 2.78 bits per heavy atom. The molecule has 0 aliphatic carbocycles. The SMILES string of the molecule is N#CN1CCC(NC(=O)c2ccc(-c3ccncc3Cl)cc2)C1. The minimum Gasteiger partial charge on any atom is -0.347 e. The normalized spacial score (nSPS) is 16.9. The maximum Gasteiger partial charge on any atom is 0.251 e. The summed E-state index contributed by atoms with van der Waals surface area (Å²) >= 11 is 6.13. The van der Waals surface area contributed by atoms with Crippen molar-refractivity contribution in [3.8, 4) is 17.3 Å². The molecule has 1 aliphatic rings. The highest BCUT2D eigenvalue weighted by molar-refractivity contribution is 6.33. The average Bonchev–Trinajstić information content (AvgIpc) is 3.03. The lowest BCUT2D eigenvalue weighted by molar-refractivity contribution is 0.0939. The van der Waals surface area contributed by atoms with Crippen LogP contribution in [-0.2, 0) is 0 Å². The van der Waals surface area contributed by atoms with Crippen LogP contribution in [0, 0.1) is 11.5 Å². The first-order chi connectivity index (χ1) is 11.2. The third kappa shape index (κ3) is 3.43. The van der Waals surface area contributed by atoms with E-state index in [4.69, 9.17) is 16.9 Å². The third-order valence-corrected chi connectivity index (χ3v) is 4.20. The van der Waals surface area contributed by atoms with Crippen LogP contribution >= 0.6 is 11.6 Å². The van der Waals surface area contributed by atoms with Crippen LogP contribution in [0.5, 0.6) is 0 Å². The number of amides is 1. The predicted molar refractivity (Wildman–Crippen MR) is 87.7 cm³/mol. The molecule has 0 bridgehead atoms. The Hall–Kier alpha value is -2.58. The van der Waals surface area contributed by atoms with E-state index in [0.717, 1.165) is 17.5 Å². The average molecular weight is 327 g/mol. The minimum absolute atomic E-state index is 0.0245. The van der Waals surface area contributed by atoms with Crippen molar-refractivity contribution < 1.29 is 4.79 Å². The molecule has 6 heteroatoms. The van der Waals surface area contributed by atoms with Crippen LogP contribution in [0.4, 0.5) is 0 Å². The largest absolute Gasteiger partial charge is 0.347 e. The van der Waals surface area contributed by atoms with Crippen LogP contribution in [0.2, 0.25) is 5.02 Å². The van der Waals surface area contributed by atoms with Gasteiger partial charge in [0.25, 0.3) is 5.91 Å². The first-order valence-corrected chi connectivity index (χ1v) is 7.70. The fourth-order valence-electron chi connectivity index (χ4n) is 2.65. The number of nitrogens with zero attached hydrogens (tertiary/aromatic N) is 3. The van der Waals surface area contributed by atoms with Crippen molar-refractivity contribution >= 4 is 17.5 Å². The number of halogens is 1. The molecule has 23 heavy (non-hydrogen) atoms. The van der Waals surface area contributed by atoms with Crippen molar-refractivity contribution in [2.45, 2.75) is 12.5 Å². The molecule has 1 aliphatic heterocycles. The number of carbonyl (C=O) groups excluding carboxylic acids is 1. The highest BCUT2D eigenvalue weighted by Crippen LogP contribution is 2.26. The van der Waals surface area contributed by atoms with Gasteiger partial charge in [0.05, 0.1) is 5.02 Å². The first-order valence-electron chi connectivity index (χ1n) is 7.33. The van der Waals surface area contributed by atoms with Crippen LogP contribution in [-0.4, -0.2) is 34.9 Å². The van der Waals surface area contributed by atoms with Gasteiger partial charge in [-0.25, -0.2) is 0 Å². The van der Waals surface area contributed by atoms with Gasteiger partial charge >= 0.3 is 0 Å². The molecule has 0 spiro atoms. The molecule has 5 nitrogen and oxygen atoms in total. The number of aromatic nitrogens is 1. The number of carbonyl (C=O) groups is 1. The summed E-state index contributed by atoms with van der Waals surface area (Å²) < 4.78 is 0. The van der Waals surface area contributed by atoms with Gasteiger partial charge in [-0.1, -0.05) is 23.7 Å². The van der Waals surface area contributed by atoms with Gasteiger partial charge in [0, 0.05) is 42.7 Å². The van der Waals surface area contributed by atoms with E-state index in [1.807, 2.05) is 18.2 Å². The van der Waals surface area contributed by atoms with Crippen LogP contribution < -0.4 is 5.32 Å². The molecule has 1 atom stereocenters. The fraction of sp³-hybridized carbons (Fsp3) is 0.235. The van der Waals surface area contributed by atoms with Crippen molar-refractivity contribution in [2.75, 3.05) is 13.1 Å². The molecule has 0 radical (unpaired) electrons. The molecule has 1 amide bonds. The standard InChI is InChI=1S/C17H15ClN4O/c18-16-9-20-7-5-15(16)12-1-3-13(4-2-12)17(23)21-14-6-8-22(10-14)11-19/h1-5,7,9,14H,6,8,10H2,(H,21,23). The van der Waals surface area contributed by atoms with Gasteiger partial charge in [-0.2, -0.15) is 5.26 Å². The van der Waals surface area contributed by atoms with E-state index in [9.17, 15) is 4.79 Å². The monoisotopic (exact) mass is 326 g/mol. The summed E-state index contributed by atoms with van der Waals surface area (Å²) in [6.07, 6.45) is 6.18. The summed E-state index contributed by atoms with van der Waals surface area (Å²) in [6.45, 7) is 1.27. The third-order valence-electron chi connectivity index (χ3n) is 3.90. The second-order valence-corrected chi connectivity index (χ2v) is 5.85. The highest BCUT2D eigenvalue weighted by Gasteiger charge is 2.23. The van der Waals surface area contributed by atoms with Crippen molar-refractivity contribution in [2.24, 2.45) is 0 Å². The molecule has 2 aromatic rings. The Kier molecular flexibility index (Phi) is 4.45. The van der Waals surface area contributed by atoms with E-state index in [1.54, 1.807) is 29.4 Å². The van der Waals surface area contributed by atoms with E-state index in [2.05, 4.69) is 16.5 Å². The Bertz CT molecular complexity index is 754. The molecule has 2 heterocycles. The number of nitriles is 1. The molecular formula is C17H15ClN4O. The first kappa shape index (κ1) is 15.3. The van der Waals surface area contributed by atoms with Crippen molar-refractivity contribution in [1.82, 2.24) is 15.2 Å². The van der Waals surface area contributed by atoms with Crippen LogP contribution in [0.25, 0.3) is 11.1 Å². The number of rotatable bonds is 3. The summed E-state index contributed by atoms with van der Waals surface area (Å²) in [6, 6.07) is 9.15. The number of hydrogen-bond donors (Lipinski definition) is 1. The maximum absolute atomic E-state index is 12.3. The number of benzene rings is 1. The molecule has 1 N–H and O–H groups in total. The molecule has 0 saturated carbocycles. The fourth-order valence-corrected chi connectivity index (χ4v) is 2.88.